The highest BCUT2D eigenvalue weighted by molar-refractivity contribution is 7.96. The van der Waals surface area contributed by atoms with E-state index in [9.17, 15) is 14.4 Å². The second-order valence-electron chi connectivity index (χ2n) is 8.74. The molecule has 1 saturated heterocycles. The fraction of sp³-hybridized carbons (Fsp3) is 0.385. The van der Waals surface area contributed by atoms with Crippen molar-refractivity contribution in [2.45, 2.75) is 31.7 Å². The third-order valence-corrected chi connectivity index (χ3v) is 6.97. The summed E-state index contributed by atoms with van der Waals surface area (Å²) < 4.78 is 4.87. The molecule has 7 heteroatoms. The van der Waals surface area contributed by atoms with Crippen molar-refractivity contribution in [1.82, 2.24) is 10.2 Å². The van der Waals surface area contributed by atoms with Gasteiger partial charge in [-0.15, -0.1) is 0 Å². The number of carbonyl (C=O) groups is 3. The molecule has 1 aliphatic heterocycles. The van der Waals surface area contributed by atoms with Crippen LogP contribution >= 0.6 is 11.4 Å². The lowest BCUT2D eigenvalue weighted by molar-refractivity contribution is -0.150. The smallest absolute Gasteiger partial charge is 0.328 e. The summed E-state index contributed by atoms with van der Waals surface area (Å²) in [7, 11) is 1.32. The number of carbonyl (C=O) groups excluding carboxylic acids is 3. The average Bonchev–Trinajstić information content (AvgIpc) is 3.26. The lowest BCUT2D eigenvalue weighted by Gasteiger charge is -2.26. The normalized spacial score (nSPS) is 18.6. The van der Waals surface area contributed by atoms with Gasteiger partial charge >= 0.3 is 5.97 Å². The van der Waals surface area contributed by atoms with Crippen molar-refractivity contribution < 1.29 is 19.1 Å². The molecular formula is C26H32N2O4S. The fourth-order valence-electron chi connectivity index (χ4n) is 4.24. The van der Waals surface area contributed by atoms with Gasteiger partial charge in [0.1, 0.15) is 6.04 Å². The van der Waals surface area contributed by atoms with Gasteiger partial charge in [0.2, 0.25) is 5.91 Å². The minimum Gasteiger partial charge on any atom is -0.467 e. The largest absolute Gasteiger partial charge is 0.467 e. The zero-order valence-corrected chi connectivity index (χ0v) is 20.5. The first kappa shape index (κ1) is 24.7. The number of rotatable bonds is 7. The molecule has 3 rings (SSSR count). The third kappa shape index (κ3) is 5.71. The summed E-state index contributed by atoms with van der Waals surface area (Å²) in [5, 5.41) is 4.78. The van der Waals surface area contributed by atoms with E-state index in [-0.39, 0.29) is 29.7 Å². The van der Waals surface area contributed by atoms with E-state index < -0.39 is 12.0 Å². The van der Waals surface area contributed by atoms with E-state index >= 15 is 0 Å². The van der Waals surface area contributed by atoms with E-state index in [1.807, 2.05) is 36.6 Å². The van der Waals surface area contributed by atoms with Gasteiger partial charge in [0, 0.05) is 23.4 Å². The van der Waals surface area contributed by atoms with Gasteiger partial charge in [-0.2, -0.15) is 0 Å². The molecule has 0 saturated carbocycles. The Morgan fingerprint density at radius 1 is 1.09 bits per heavy atom. The first-order valence-corrected chi connectivity index (χ1v) is 12.4. The van der Waals surface area contributed by atoms with E-state index in [2.05, 4.69) is 36.7 Å². The van der Waals surface area contributed by atoms with Crippen LogP contribution in [0.4, 0.5) is 0 Å². The number of hydrogen-bond donors (Lipinski definition) is 2. The number of ether oxygens (including phenoxy) is 1. The number of benzene rings is 2. The maximum Gasteiger partial charge on any atom is 0.328 e. The third-order valence-electron chi connectivity index (χ3n) is 6.25. The van der Waals surface area contributed by atoms with Gasteiger partial charge in [-0.1, -0.05) is 61.7 Å². The van der Waals surface area contributed by atoms with Crippen molar-refractivity contribution >= 4 is 34.5 Å². The van der Waals surface area contributed by atoms with Gasteiger partial charge in [0.25, 0.3) is 5.91 Å². The van der Waals surface area contributed by atoms with E-state index in [0.29, 0.717) is 18.5 Å². The summed E-state index contributed by atoms with van der Waals surface area (Å²) in [5.74, 6) is -0.892. The molecule has 0 aliphatic carbocycles. The Morgan fingerprint density at radius 3 is 2.33 bits per heavy atom. The van der Waals surface area contributed by atoms with Gasteiger partial charge in [-0.3, -0.25) is 9.59 Å². The van der Waals surface area contributed by atoms with Crippen LogP contribution in [0.15, 0.2) is 54.6 Å². The number of amides is 2. The van der Waals surface area contributed by atoms with Crippen LogP contribution < -0.4 is 5.32 Å². The van der Waals surface area contributed by atoms with Crippen LogP contribution in [0.2, 0.25) is 0 Å². The van der Waals surface area contributed by atoms with E-state index in [4.69, 9.17) is 4.74 Å². The highest BCUT2D eigenvalue weighted by Crippen LogP contribution is 2.31. The summed E-state index contributed by atoms with van der Waals surface area (Å²) in [5.41, 5.74) is 2.57. The highest BCUT2D eigenvalue weighted by atomic mass is 32.1. The molecule has 0 spiro atoms. The summed E-state index contributed by atoms with van der Waals surface area (Å²) in [4.78, 5) is 39.1. The van der Waals surface area contributed by atoms with Crippen molar-refractivity contribution in [2.24, 2.45) is 5.92 Å². The number of nitrogens with zero attached hydrogens (tertiary/aromatic N) is 1. The van der Waals surface area contributed by atoms with Crippen molar-refractivity contribution in [2.75, 3.05) is 26.5 Å². The van der Waals surface area contributed by atoms with Crippen LogP contribution in [0.1, 0.15) is 41.8 Å². The fourth-order valence-corrected chi connectivity index (χ4v) is 4.88. The molecular weight excluding hydrogens is 436 g/mol. The Labute approximate surface area is 199 Å². The minimum atomic E-state index is -0.609. The molecule has 33 heavy (non-hydrogen) atoms. The summed E-state index contributed by atoms with van der Waals surface area (Å²) in [6.45, 7) is 4.58. The Hall–Kier alpha value is -2.93. The molecule has 0 aromatic heterocycles. The van der Waals surface area contributed by atoms with Crippen LogP contribution in [-0.4, -0.2) is 60.5 Å². The predicted molar refractivity (Wildman–Crippen MR) is 134 cm³/mol. The number of methoxy groups -OCH3 is 1. The standard InChI is InChI=1S/C26H32N2O4S/c1-26(2,20-8-6-5-7-9-20)21-12-10-19(11-13-21)24(30)27-15-23(29)28-16-18(17-33-4)14-22(28)25(31)32-3/h5-13,17-18,22,33H,14-16H2,1-4H3,(H,27,30)/t18?,22-/m0/s1. The predicted octanol–water partition coefficient (Wildman–Crippen LogP) is 3.03. The summed E-state index contributed by atoms with van der Waals surface area (Å²) >= 11 is 1.10. The van der Waals surface area contributed by atoms with E-state index in [1.165, 1.54) is 17.6 Å². The van der Waals surface area contributed by atoms with Gasteiger partial charge in [0.15, 0.2) is 0 Å². The van der Waals surface area contributed by atoms with Crippen molar-refractivity contribution in [3.63, 3.8) is 0 Å². The second-order valence-corrected chi connectivity index (χ2v) is 9.55. The first-order valence-electron chi connectivity index (χ1n) is 11.0. The molecule has 6 nitrogen and oxygen atoms in total. The molecule has 0 bridgehead atoms. The zero-order chi connectivity index (χ0) is 24.0. The quantitative estimate of drug-likeness (QED) is 0.372. The van der Waals surface area contributed by atoms with Crippen molar-refractivity contribution in [1.29, 1.82) is 0 Å². The lowest BCUT2D eigenvalue weighted by atomic mass is 9.78. The van der Waals surface area contributed by atoms with Gasteiger partial charge in [-0.25, -0.2) is 16.1 Å². The number of thiol groups is 1. The molecule has 1 N–H and O–H groups in total. The molecule has 1 heterocycles. The number of hydrogen-bond acceptors (Lipinski definition) is 4. The summed E-state index contributed by atoms with van der Waals surface area (Å²) in [6, 6.07) is 17.0. The number of nitrogens with one attached hydrogen (secondary N) is 1. The Bertz CT molecular complexity index is 1020. The minimum absolute atomic E-state index is 0.140. The maximum atomic E-state index is 12.8. The highest BCUT2D eigenvalue weighted by Gasteiger charge is 2.39. The molecule has 1 unspecified atom stereocenters. The molecule has 2 aromatic carbocycles. The van der Waals surface area contributed by atoms with Gasteiger partial charge in [0.05, 0.1) is 13.7 Å². The SMILES string of the molecule is COC(=O)[C@@H]1CC(/C=[SH]\C)CN1C(=O)CNC(=O)c1ccc(C(C)(C)c2ccccc2)cc1. The molecule has 176 valence electrons. The van der Waals surface area contributed by atoms with Gasteiger partial charge in [-0.05, 0) is 35.9 Å². The van der Waals surface area contributed by atoms with E-state index in [1.54, 1.807) is 12.1 Å². The van der Waals surface area contributed by atoms with Crippen molar-refractivity contribution in [3.05, 3.63) is 71.3 Å². The molecule has 2 atom stereocenters. The van der Waals surface area contributed by atoms with Crippen LogP contribution in [-0.2, 0) is 19.7 Å². The van der Waals surface area contributed by atoms with Gasteiger partial charge < -0.3 is 15.0 Å². The molecule has 1 fully saturated rings. The van der Waals surface area contributed by atoms with Crippen LogP contribution in [0.5, 0.6) is 0 Å². The molecule has 2 aromatic rings. The number of likely N-dealkylation sites (tertiary alicyclic amines) is 1. The lowest BCUT2D eigenvalue weighted by Crippen LogP contribution is -2.46. The topological polar surface area (TPSA) is 75.7 Å². The Kier molecular flexibility index (Phi) is 8.08. The summed E-state index contributed by atoms with van der Waals surface area (Å²) in [6.07, 6.45) is 2.55. The van der Waals surface area contributed by atoms with Crippen LogP contribution in [0.25, 0.3) is 0 Å². The van der Waals surface area contributed by atoms with Crippen LogP contribution in [0, 0.1) is 5.92 Å². The second kappa shape index (κ2) is 10.8. The zero-order valence-electron chi connectivity index (χ0n) is 19.6. The Morgan fingerprint density at radius 2 is 1.73 bits per heavy atom. The van der Waals surface area contributed by atoms with Crippen molar-refractivity contribution in [3.8, 4) is 0 Å². The Balaban J connectivity index is 1.63. The maximum absolute atomic E-state index is 12.8. The first-order chi connectivity index (χ1) is 15.8. The molecule has 1 aliphatic rings. The average molecular weight is 469 g/mol. The number of esters is 1. The van der Waals surface area contributed by atoms with Crippen LogP contribution in [0.3, 0.4) is 0 Å². The molecule has 2 amide bonds. The van der Waals surface area contributed by atoms with E-state index in [0.717, 1.165) is 16.9 Å². The molecule has 0 radical (unpaired) electrons. The monoisotopic (exact) mass is 468 g/mol.